The van der Waals surface area contributed by atoms with Gasteiger partial charge in [0.1, 0.15) is 5.00 Å². The van der Waals surface area contributed by atoms with E-state index in [1.54, 1.807) is 28.4 Å². The molecule has 1 amide bonds. The van der Waals surface area contributed by atoms with Crippen molar-refractivity contribution >= 4 is 51.2 Å². The number of hydrogen-bond acceptors (Lipinski definition) is 6. The van der Waals surface area contributed by atoms with E-state index >= 15 is 0 Å². The van der Waals surface area contributed by atoms with Crippen LogP contribution in [0.4, 0.5) is 10.7 Å². The van der Waals surface area contributed by atoms with Crippen molar-refractivity contribution < 1.29 is 19.1 Å². The van der Waals surface area contributed by atoms with Gasteiger partial charge in [0, 0.05) is 29.2 Å². The van der Waals surface area contributed by atoms with Crippen LogP contribution in [-0.4, -0.2) is 54.8 Å². The molecule has 7 nitrogen and oxygen atoms in total. The van der Waals surface area contributed by atoms with Crippen molar-refractivity contribution in [2.75, 3.05) is 43.5 Å². The first kappa shape index (κ1) is 24.6. The number of nitrogens with one attached hydrogen (secondary N) is 2. The average Bonchev–Trinajstić information content (AvgIpc) is 3.15. The summed E-state index contributed by atoms with van der Waals surface area (Å²) < 4.78 is 10.7. The number of amides is 1. The van der Waals surface area contributed by atoms with Crippen LogP contribution in [0.5, 0.6) is 0 Å². The van der Waals surface area contributed by atoms with Gasteiger partial charge < -0.3 is 25.0 Å². The second-order valence-corrected chi connectivity index (χ2v) is 9.92. The van der Waals surface area contributed by atoms with Crippen molar-refractivity contribution in [1.82, 2.24) is 4.90 Å². The van der Waals surface area contributed by atoms with E-state index < -0.39 is 0 Å². The normalized spacial score (nSPS) is 16.1. The molecule has 34 heavy (non-hydrogen) atoms. The monoisotopic (exact) mass is 501 g/mol. The second kappa shape index (κ2) is 11.8. The molecule has 0 radical (unpaired) electrons. The minimum Gasteiger partial charge on any atom is -0.462 e. The zero-order valence-corrected chi connectivity index (χ0v) is 21.1. The molecule has 2 aliphatic rings. The highest BCUT2D eigenvalue weighted by Crippen LogP contribution is 2.37. The summed E-state index contributed by atoms with van der Waals surface area (Å²) in [7, 11) is 0. The predicted octanol–water partition coefficient (Wildman–Crippen LogP) is 4.87. The summed E-state index contributed by atoms with van der Waals surface area (Å²) in [6, 6.07) is 7.26. The topological polar surface area (TPSA) is 79.9 Å². The number of thiocarbonyl (C=S) groups is 1. The Morgan fingerprint density at radius 2 is 1.76 bits per heavy atom. The highest BCUT2D eigenvalue weighted by molar-refractivity contribution is 7.80. The van der Waals surface area contributed by atoms with Crippen molar-refractivity contribution in [2.24, 2.45) is 0 Å². The Hall–Kier alpha value is -2.49. The van der Waals surface area contributed by atoms with Gasteiger partial charge in [0.2, 0.25) is 0 Å². The standard InChI is InChI=1S/C25H31N3O4S2/c1-2-32-24(30)21-19-7-5-3-4-6-8-20(19)34-22(21)27-25(33)26-18-11-9-17(10-12-18)23(29)28-13-15-31-16-14-28/h9-12H,2-8,13-16H2,1H3,(H2,26,27,33). The van der Waals surface area contributed by atoms with Gasteiger partial charge in [-0.15, -0.1) is 11.3 Å². The van der Waals surface area contributed by atoms with Crippen LogP contribution in [0.25, 0.3) is 0 Å². The zero-order valence-electron chi connectivity index (χ0n) is 19.5. The molecule has 0 bridgehead atoms. The molecule has 1 aliphatic carbocycles. The fourth-order valence-corrected chi connectivity index (χ4v) is 5.90. The van der Waals surface area contributed by atoms with Crippen LogP contribution >= 0.6 is 23.6 Å². The number of carbonyl (C=O) groups is 2. The zero-order chi connectivity index (χ0) is 23.9. The smallest absolute Gasteiger partial charge is 0.341 e. The summed E-state index contributed by atoms with van der Waals surface area (Å²) in [5, 5.41) is 7.54. The highest BCUT2D eigenvalue weighted by Gasteiger charge is 2.26. The number of benzene rings is 1. The SMILES string of the molecule is CCOC(=O)c1c(NC(=S)Nc2ccc(C(=O)N3CCOCC3)cc2)sc2c1CCCCCC2. The van der Waals surface area contributed by atoms with E-state index in [9.17, 15) is 9.59 Å². The number of esters is 1. The van der Waals surface area contributed by atoms with Crippen molar-refractivity contribution in [3.63, 3.8) is 0 Å². The van der Waals surface area contributed by atoms with E-state index in [4.69, 9.17) is 21.7 Å². The maximum absolute atomic E-state index is 12.8. The molecule has 1 aromatic heterocycles. The minimum atomic E-state index is -0.295. The summed E-state index contributed by atoms with van der Waals surface area (Å²) in [4.78, 5) is 28.5. The molecule has 1 aromatic carbocycles. The van der Waals surface area contributed by atoms with Gasteiger partial charge in [0.05, 0.1) is 25.4 Å². The van der Waals surface area contributed by atoms with Crippen molar-refractivity contribution in [2.45, 2.75) is 45.4 Å². The van der Waals surface area contributed by atoms with Gasteiger partial charge in [0.15, 0.2) is 5.11 Å². The van der Waals surface area contributed by atoms with Crippen LogP contribution < -0.4 is 10.6 Å². The number of thiophene rings is 1. The average molecular weight is 502 g/mol. The molecule has 1 fully saturated rings. The number of morpholine rings is 1. The van der Waals surface area contributed by atoms with Gasteiger partial charge in [-0.25, -0.2) is 4.79 Å². The summed E-state index contributed by atoms with van der Waals surface area (Å²) in [5.41, 5.74) is 3.14. The van der Waals surface area contributed by atoms with Crippen LogP contribution in [0, 0.1) is 0 Å². The van der Waals surface area contributed by atoms with Gasteiger partial charge >= 0.3 is 5.97 Å². The van der Waals surface area contributed by atoms with E-state index in [0.717, 1.165) is 41.9 Å². The molecular formula is C25H31N3O4S2. The first-order valence-electron chi connectivity index (χ1n) is 11.9. The number of nitrogens with zero attached hydrogens (tertiary/aromatic N) is 1. The van der Waals surface area contributed by atoms with Crippen LogP contribution in [0.1, 0.15) is 63.8 Å². The lowest BCUT2D eigenvalue weighted by atomic mass is 9.96. The molecule has 0 unspecified atom stereocenters. The van der Waals surface area contributed by atoms with Crippen LogP contribution in [0.15, 0.2) is 24.3 Å². The third-order valence-electron chi connectivity index (χ3n) is 6.07. The minimum absolute atomic E-state index is 0.00522. The molecule has 4 rings (SSSR count). The number of anilines is 2. The Kier molecular flexibility index (Phi) is 8.53. The number of rotatable bonds is 5. The van der Waals surface area contributed by atoms with E-state index in [2.05, 4.69) is 10.6 Å². The molecule has 1 saturated heterocycles. The van der Waals surface area contributed by atoms with Crippen molar-refractivity contribution in [1.29, 1.82) is 0 Å². The molecule has 0 atom stereocenters. The second-order valence-electron chi connectivity index (χ2n) is 8.40. The third-order valence-corrected chi connectivity index (χ3v) is 7.48. The number of aryl methyl sites for hydroxylation is 1. The Bertz CT molecular complexity index is 1030. The lowest BCUT2D eigenvalue weighted by Gasteiger charge is -2.26. The fourth-order valence-electron chi connectivity index (χ4n) is 4.34. The maximum atomic E-state index is 12.8. The number of ether oxygens (including phenoxy) is 2. The van der Waals surface area contributed by atoms with Gasteiger partial charge in [0.25, 0.3) is 5.91 Å². The predicted molar refractivity (Wildman–Crippen MR) is 139 cm³/mol. The fraction of sp³-hybridized carbons (Fsp3) is 0.480. The Morgan fingerprint density at radius 3 is 2.47 bits per heavy atom. The molecule has 2 heterocycles. The molecule has 1 aliphatic heterocycles. The van der Waals surface area contributed by atoms with E-state index in [1.807, 2.05) is 19.1 Å². The van der Waals surface area contributed by atoms with Gasteiger partial charge in [-0.2, -0.15) is 0 Å². The molecule has 2 aromatic rings. The van der Waals surface area contributed by atoms with Crippen LogP contribution in [0.2, 0.25) is 0 Å². The Labute approximate surface area is 209 Å². The number of fused-ring (bicyclic) bond motifs is 1. The third kappa shape index (κ3) is 5.95. The first-order valence-corrected chi connectivity index (χ1v) is 13.2. The molecule has 9 heteroatoms. The Morgan fingerprint density at radius 1 is 1.06 bits per heavy atom. The number of carbonyl (C=O) groups excluding carboxylic acids is 2. The van der Waals surface area contributed by atoms with Gasteiger partial charge in [-0.1, -0.05) is 12.8 Å². The highest BCUT2D eigenvalue weighted by atomic mass is 32.1. The van der Waals surface area contributed by atoms with E-state index in [1.165, 1.54) is 17.7 Å². The summed E-state index contributed by atoms with van der Waals surface area (Å²) in [6.45, 7) is 4.53. The molecular weight excluding hydrogens is 470 g/mol. The van der Waals surface area contributed by atoms with Crippen LogP contribution in [-0.2, 0) is 22.3 Å². The largest absolute Gasteiger partial charge is 0.462 e. The van der Waals surface area contributed by atoms with Gasteiger partial charge in [-0.05, 0) is 74.7 Å². The number of hydrogen-bond donors (Lipinski definition) is 2. The van der Waals surface area contributed by atoms with Crippen LogP contribution in [0.3, 0.4) is 0 Å². The lowest BCUT2D eigenvalue weighted by Crippen LogP contribution is -2.40. The van der Waals surface area contributed by atoms with E-state index in [0.29, 0.717) is 49.1 Å². The molecule has 0 spiro atoms. The lowest BCUT2D eigenvalue weighted by molar-refractivity contribution is 0.0303. The molecule has 2 N–H and O–H groups in total. The summed E-state index contributed by atoms with van der Waals surface area (Å²) >= 11 is 7.15. The van der Waals surface area contributed by atoms with Crippen molar-refractivity contribution in [3.8, 4) is 0 Å². The maximum Gasteiger partial charge on any atom is 0.341 e. The first-order chi connectivity index (χ1) is 16.6. The van der Waals surface area contributed by atoms with Gasteiger partial charge in [-0.3, -0.25) is 4.79 Å². The molecule has 182 valence electrons. The molecule has 0 saturated carbocycles. The summed E-state index contributed by atoms with van der Waals surface area (Å²) in [5.74, 6) is -0.289. The quantitative estimate of drug-likeness (QED) is 0.447. The van der Waals surface area contributed by atoms with E-state index in [-0.39, 0.29) is 11.9 Å². The summed E-state index contributed by atoms with van der Waals surface area (Å²) in [6.07, 6.45) is 6.48. The Balaban J connectivity index is 1.45. The van der Waals surface area contributed by atoms with Crippen molar-refractivity contribution in [3.05, 3.63) is 45.8 Å².